The second-order valence-corrected chi connectivity index (χ2v) is 4.70. The summed E-state index contributed by atoms with van der Waals surface area (Å²) in [5.74, 6) is 0.726. The molecule has 0 spiro atoms. The van der Waals surface area contributed by atoms with E-state index in [1.54, 1.807) is 0 Å². The minimum Gasteiger partial charge on any atom is -0.316 e. The van der Waals surface area contributed by atoms with Gasteiger partial charge in [0.2, 0.25) is 0 Å². The third kappa shape index (κ3) is 2.40. The average Bonchev–Trinajstić information content (AvgIpc) is 2.29. The topological polar surface area (TPSA) is 12.0 Å². The van der Waals surface area contributed by atoms with Gasteiger partial charge in [0, 0.05) is 6.04 Å². The zero-order chi connectivity index (χ0) is 10.7. The van der Waals surface area contributed by atoms with Crippen molar-refractivity contribution in [3.8, 4) is 0 Å². The van der Waals surface area contributed by atoms with Crippen LogP contribution in [0.5, 0.6) is 0 Å². The molecule has 1 saturated carbocycles. The summed E-state index contributed by atoms with van der Waals surface area (Å²) in [6, 6.07) is 9.68. The van der Waals surface area contributed by atoms with Crippen LogP contribution in [0.4, 0.5) is 0 Å². The fraction of sp³-hybridized carbons (Fsp3) is 0.571. The van der Waals surface area contributed by atoms with Crippen LogP contribution in [0.25, 0.3) is 0 Å². The van der Waals surface area contributed by atoms with Crippen LogP contribution in [0, 0.1) is 6.92 Å². The molecular formula is C14H21N. The molecule has 82 valence electrons. The van der Waals surface area contributed by atoms with Crippen molar-refractivity contribution >= 4 is 0 Å². The van der Waals surface area contributed by atoms with Crippen molar-refractivity contribution in [2.75, 3.05) is 7.05 Å². The molecule has 2 unspecified atom stereocenters. The largest absolute Gasteiger partial charge is 0.316 e. The van der Waals surface area contributed by atoms with E-state index in [0.29, 0.717) is 6.04 Å². The molecule has 1 aliphatic carbocycles. The van der Waals surface area contributed by atoms with E-state index >= 15 is 0 Å². The van der Waals surface area contributed by atoms with Gasteiger partial charge in [0.25, 0.3) is 0 Å². The first-order chi connectivity index (χ1) is 7.31. The zero-order valence-electron chi connectivity index (χ0n) is 9.79. The number of aryl methyl sites for hydroxylation is 1. The van der Waals surface area contributed by atoms with Gasteiger partial charge in [-0.15, -0.1) is 0 Å². The monoisotopic (exact) mass is 203 g/mol. The van der Waals surface area contributed by atoms with E-state index in [2.05, 4.69) is 43.6 Å². The average molecular weight is 203 g/mol. The maximum absolute atomic E-state index is 3.47. The summed E-state index contributed by atoms with van der Waals surface area (Å²) in [7, 11) is 2.10. The molecule has 1 aromatic rings. The third-order valence-electron chi connectivity index (χ3n) is 3.61. The third-order valence-corrected chi connectivity index (χ3v) is 3.61. The lowest BCUT2D eigenvalue weighted by molar-refractivity contribution is 0.344. The van der Waals surface area contributed by atoms with Crippen molar-refractivity contribution in [2.24, 2.45) is 0 Å². The molecule has 0 heterocycles. The summed E-state index contributed by atoms with van der Waals surface area (Å²) in [4.78, 5) is 0. The van der Waals surface area contributed by atoms with E-state index in [1.807, 2.05) is 0 Å². The molecule has 1 N–H and O–H groups in total. The molecule has 0 aromatic heterocycles. The van der Waals surface area contributed by atoms with E-state index < -0.39 is 0 Å². The molecule has 2 rings (SSSR count). The number of likely N-dealkylation sites (N-methyl/N-ethyl adjacent to an activating group) is 1. The number of nitrogens with one attached hydrogen (secondary N) is 1. The Hall–Kier alpha value is -0.820. The Kier molecular flexibility index (Phi) is 3.42. The van der Waals surface area contributed by atoms with E-state index in [4.69, 9.17) is 0 Å². The predicted octanol–water partition coefficient (Wildman–Crippen LogP) is 3.24. The maximum Gasteiger partial charge on any atom is 0.0133 e. The zero-order valence-corrected chi connectivity index (χ0v) is 9.79. The first kappa shape index (κ1) is 10.7. The van der Waals surface area contributed by atoms with Gasteiger partial charge in [-0.2, -0.15) is 0 Å². The van der Waals surface area contributed by atoms with Gasteiger partial charge in [-0.25, -0.2) is 0 Å². The lowest BCUT2D eigenvalue weighted by atomic mass is 9.80. The van der Waals surface area contributed by atoms with Crippen molar-refractivity contribution in [2.45, 2.75) is 44.6 Å². The van der Waals surface area contributed by atoms with Gasteiger partial charge >= 0.3 is 0 Å². The summed E-state index contributed by atoms with van der Waals surface area (Å²) in [6.45, 7) is 2.18. The standard InChI is InChI=1S/C14H21N/c1-11-6-5-7-12(10-11)13-8-3-4-9-14(13)15-2/h5-7,10,13-15H,3-4,8-9H2,1-2H3. The van der Waals surface area contributed by atoms with Gasteiger partial charge in [-0.1, -0.05) is 42.7 Å². The van der Waals surface area contributed by atoms with Gasteiger partial charge in [-0.05, 0) is 38.3 Å². The van der Waals surface area contributed by atoms with Crippen molar-refractivity contribution < 1.29 is 0 Å². The first-order valence-corrected chi connectivity index (χ1v) is 6.05. The van der Waals surface area contributed by atoms with E-state index in [9.17, 15) is 0 Å². The van der Waals surface area contributed by atoms with Crippen LogP contribution >= 0.6 is 0 Å². The van der Waals surface area contributed by atoms with Gasteiger partial charge in [-0.3, -0.25) is 0 Å². The SMILES string of the molecule is CNC1CCCCC1c1cccc(C)c1. The van der Waals surface area contributed by atoms with Crippen molar-refractivity contribution in [1.82, 2.24) is 5.32 Å². The molecule has 0 bridgehead atoms. The van der Waals surface area contributed by atoms with Crippen LogP contribution in [0.1, 0.15) is 42.7 Å². The summed E-state index contributed by atoms with van der Waals surface area (Å²) >= 11 is 0. The molecule has 1 aromatic carbocycles. The molecule has 1 heteroatoms. The number of benzene rings is 1. The quantitative estimate of drug-likeness (QED) is 0.778. The molecule has 1 nitrogen and oxygen atoms in total. The molecule has 1 aliphatic rings. The fourth-order valence-corrected chi connectivity index (χ4v) is 2.78. The normalized spacial score (nSPS) is 26.5. The van der Waals surface area contributed by atoms with Gasteiger partial charge in [0.05, 0.1) is 0 Å². The van der Waals surface area contributed by atoms with Crippen molar-refractivity contribution in [3.05, 3.63) is 35.4 Å². The highest BCUT2D eigenvalue weighted by molar-refractivity contribution is 5.27. The van der Waals surface area contributed by atoms with Crippen molar-refractivity contribution in [1.29, 1.82) is 0 Å². The lowest BCUT2D eigenvalue weighted by Crippen LogP contribution is -2.34. The minimum atomic E-state index is 0.681. The van der Waals surface area contributed by atoms with E-state index in [-0.39, 0.29) is 0 Å². The molecule has 0 saturated heterocycles. The van der Waals surface area contributed by atoms with E-state index in [0.717, 1.165) is 5.92 Å². The Balaban J connectivity index is 2.20. The maximum atomic E-state index is 3.47. The highest BCUT2D eigenvalue weighted by Gasteiger charge is 2.24. The summed E-state index contributed by atoms with van der Waals surface area (Å²) in [5, 5.41) is 3.47. The minimum absolute atomic E-state index is 0.681. The Labute approximate surface area is 92.9 Å². The first-order valence-electron chi connectivity index (χ1n) is 6.05. The second kappa shape index (κ2) is 4.80. The fourth-order valence-electron chi connectivity index (χ4n) is 2.78. The Morgan fingerprint density at radius 3 is 2.73 bits per heavy atom. The smallest absolute Gasteiger partial charge is 0.0133 e. The Bertz CT molecular complexity index is 319. The molecular weight excluding hydrogens is 182 g/mol. The Morgan fingerprint density at radius 1 is 1.20 bits per heavy atom. The highest BCUT2D eigenvalue weighted by Crippen LogP contribution is 2.33. The second-order valence-electron chi connectivity index (χ2n) is 4.70. The molecule has 1 fully saturated rings. The lowest BCUT2D eigenvalue weighted by Gasteiger charge is -2.31. The number of rotatable bonds is 2. The number of hydrogen-bond donors (Lipinski definition) is 1. The summed E-state index contributed by atoms with van der Waals surface area (Å²) in [6.07, 6.45) is 5.44. The summed E-state index contributed by atoms with van der Waals surface area (Å²) < 4.78 is 0. The molecule has 0 amide bonds. The summed E-state index contributed by atoms with van der Waals surface area (Å²) in [5.41, 5.74) is 2.90. The molecule has 15 heavy (non-hydrogen) atoms. The van der Waals surface area contributed by atoms with Gasteiger partial charge < -0.3 is 5.32 Å². The van der Waals surface area contributed by atoms with Crippen LogP contribution < -0.4 is 5.32 Å². The van der Waals surface area contributed by atoms with E-state index in [1.165, 1.54) is 36.8 Å². The molecule has 0 aliphatic heterocycles. The van der Waals surface area contributed by atoms with Crippen LogP contribution in [0.3, 0.4) is 0 Å². The molecule has 0 radical (unpaired) electrons. The number of hydrogen-bond acceptors (Lipinski definition) is 1. The highest BCUT2D eigenvalue weighted by atomic mass is 14.9. The van der Waals surface area contributed by atoms with Crippen LogP contribution in [0.2, 0.25) is 0 Å². The van der Waals surface area contributed by atoms with Crippen LogP contribution in [0.15, 0.2) is 24.3 Å². The van der Waals surface area contributed by atoms with Gasteiger partial charge in [0.1, 0.15) is 0 Å². The Morgan fingerprint density at radius 2 is 2.00 bits per heavy atom. The predicted molar refractivity (Wildman–Crippen MR) is 65.2 cm³/mol. The van der Waals surface area contributed by atoms with Crippen LogP contribution in [-0.4, -0.2) is 13.1 Å². The molecule has 2 atom stereocenters. The van der Waals surface area contributed by atoms with Gasteiger partial charge in [0.15, 0.2) is 0 Å². The van der Waals surface area contributed by atoms with Crippen LogP contribution in [-0.2, 0) is 0 Å². The van der Waals surface area contributed by atoms with Crippen molar-refractivity contribution in [3.63, 3.8) is 0 Å².